The van der Waals surface area contributed by atoms with Gasteiger partial charge in [-0.15, -0.1) is 0 Å². The van der Waals surface area contributed by atoms with Crippen LogP contribution in [0.2, 0.25) is 0 Å². The molecule has 2 aromatic carbocycles. The predicted octanol–water partition coefficient (Wildman–Crippen LogP) is 5.32. The first-order valence-electron chi connectivity index (χ1n) is 10.7. The molecule has 6 nitrogen and oxygen atoms in total. The van der Waals surface area contributed by atoms with Crippen molar-refractivity contribution in [2.24, 2.45) is 0 Å². The molecule has 1 atom stereocenters. The third-order valence-electron chi connectivity index (χ3n) is 5.74. The number of hydrogen-bond donors (Lipinski definition) is 0. The Balaban J connectivity index is 1.49. The van der Waals surface area contributed by atoms with E-state index in [1.165, 1.54) is 0 Å². The largest absolute Gasteiger partial charge is 0.445 e. The van der Waals surface area contributed by atoms with Gasteiger partial charge >= 0.3 is 6.09 Å². The Hall–Kier alpha value is -3.20. The van der Waals surface area contributed by atoms with Crippen LogP contribution in [0.25, 0.3) is 0 Å². The molecule has 2 aromatic rings. The van der Waals surface area contributed by atoms with E-state index < -0.39 is 11.4 Å². The fourth-order valence-electron chi connectivity index (χ4n) is 4.13. The zero-order valence-corrected chi connectivity index (χ0v) is 18.5. The van der Waals surface area contributed by atoms with E-state index in [0.29, 0.717) is 18.7 Å². The molecule has 2 aliphatic heterocycles. The molecule has 4 rings (SSSR count). The summed E-state index contributed by atoms with van der Waals surface area (Å²) in [5.74, 6) is 0.827. The number of nitriles is 1. The van der Waals surface area contributed by atoms with Crippen molar-refractivity contribution < 1.29 is 19.0 Å². The van der Waals surface area contributed by atoms with E-state index in [-0.39, 0.29) is 12.0 Å². The lowest BCUT2D eigenvalue weighted by molar-refractivity contribution is -0.0685. The molecule has 6 heteroatoms. The van der Waals surface area contributed by atoms with Gasteiger partial charge in [0.25, 0.3) is 5.79 Å². The van der Waals surface area contributed by atoms with E-state index in [1.807, 2.05) is 52.0 Å². The summed E-state index contributed by atoms with van der Waals surface area (Å²) in [5, 5.41) is 9.04. The molecular weight excluding hydrogens is 392 g/mol. The van der Waals surface area contributed by atoms with Crippen molar-refractivity contribution in [3.8, 4) is 17.6 Å². The minimum Gasteiger partial charge on any atom is -0.445 e. The van der Waals surface area contributed by atoms with E-state index in [9.17, 15) is 4.79 Å². The normalized spacial score (nSPS) is 20.9. The zero-order valence-electron chi connectivity index (χ0n) is 18.5. The van der Waals surface area contributed by atoms with Crippen LogP contribution in [0.5, 0.6) is 11.5 Å². The Morgan fingerprint density at radius 1 is 1.13 bits per heavy atom. The van der Waals surface area contributed by atoms with Crippen LogP contribution >= 0.6 is 0 Å². The topological polar surface area (TPSA) is 71.8 Å². The second-order valence-corrected chi connectivity index (χ2v) is 9.26. The van der Waals surface area contributed by atoms with Gasteiger partial charge in [-0.3, -0.25) is 0 Å². The van der Waals surface area contributed by atoms with Crippen molar-refractivity contribution in [1.29, 1.82) is 5.26 Å². The third-order valence-corrected chi connectivity index (χ3v) is 5.74. The zero-order chi connectivity index (χ0) is 22.2. The highest BCUT2D eigenvalue weighted by Gasteiger charge is 2.41. The molecule has 1 fully saturated rings. The highest BCUT2D eigenvalue weighted by molar-refractivity contribution is 5.68. The van der Waals surface area contributed by atoms with Crippen LogP contribution in [0.15, 0.2) is 42.5 Å². The number of ether oxygens (including phenoxy) is 3. The summed E-state index contributed by atoms with van der Waals surface area (Å²) in [5.41, 5.74) is 2.07. The Bertz CT molecular complexity index is 1010. The maximum atomic E-state index is 12.4. The molecule has 0 spiro atoms. The van der Waals surface area contributed by atoms with Crippen molar-refractivity contribution in [3.05, 3.63) is 59.2 Å². The third kappa shape index (κ3) is 4.32. The van der Waals surface area contributed by atoms with Crippen molar-refractivity contribution in [1.82, 2.24) is 4.90 Å². The van der Waals surface area contributed by atoms with Crippen LogP contribution in [0.1, 0.15) is 63.1 Å². The van der Waals surface area contributed by atoms with Gasteiger partial charge < -0.3 is 19.1 Å². The van der Waals surface area contributed by atoms with Crippen molar-refractivity contribution >= 4 is 6.09 Å². The van der Waals surface area contributed by atoms with Crippen molar-refractivity contribution in [3.63, 3.8) is 0 Å². The summed E-state index contributed by atoms with van der Waals surface area (Å²) >= 11 is 0. The molecule has 0 bridgehead atoms. The van der Waals surface area contributed by atoms with Gasteiger partial charge in [0.05, 0.1) is 11.6 Å². The smallest absolute Gasteiger partial charge is 0.410 e. The number of piperidine rings is 1. The summed E-state index contributed by atoms with van der Waals surface area (Å²) in [4.78, 5) is 14.2. The van der Waals surface area contributed by atoms with Gasteiger partial charge in [0.2, 0.25) is 0 Å². The highest BCUT2D eigenvalue weighted by atomic mass is 16.7. The number of carbonyl (C=O) groups is 1. The molecule has 0 saturated carbocycles. The van der Waals surface area contributed by atoms with Crippen LogP contribution in [-0.2, 0) is 10.5 Å². The monoisotopic (exact) mass is 420 g/mol. The maximum Gasteiger partial charge on any atom is 0.410 e. The van der Waals surface area contributed by atoms with Gasteiger partial charge in [-0.2, -0.15) is 5.26 Å². The second-order valence-electron chi connectivity index (χ2n) is 9.26. The standard InChI is InChI=1S/C25H28N2O4/c1-24(2,3)31-23(28)27-14-12-18(13-15-27)20-6-5-7-21-22(20)30-25(4,29-21)19-10-8-17(16-26)9-11-19/h5-11,18H,12-15H2,1-4H3. The molecule has 2 aliphatic rings. The molecule has 0 aliphatic carbocycles. The summed E-state index contributed by atoms with van der Waals surface area (Å²) < 4.78 is 18.1. The summed E-state index contributed by atoms with van der Waals surface area (Å²) in [6.45, 7) is 8.84. The highest BCUT2D eigenvalue weighted by Crippen LogP contribution is 2.49. The number of rotatable bonds is 2. The number of benzene rings is 2. The molecule has 162 valence electrons. The Kier molecular flexibility index (Phi) is 5.30. The Morgan fingerprint density at radius 2 is 1.81 bits per heavy atom. The van der Waals surface area contributed by atoms with Gasteiger partial charge in [0.1, 0.15) is 5.60 Å². The summed E-state index contributed by atoms with van der Waals surface area (Å²) in [6.07, 6.45) is 1.43. The number of para-hydroxylation sites is 1. The van der Waals surface area contributed by atoms with Crippen LogP contribution in [-0.4, -0.2) is 29.7 Å². The maximum absolute atomic E-state index is 12.4. The van der Waals surface area contributed by atoms with Crippen LogP contribution in [0, 0.1) is 11.3 Å². The number of nitrogens with zero attached hydrogens (tertiary/aromatic N) is 2. The van der Waals surface area contributed by atoms with E-state index >= 15 is 0 Å². The first-order chi connectivity index (χ1) is 14.7. The van der Waals surface area contributed by atoms with Gasteiger partial charge in [0.15, 0.2) is 11.5 Å². The molecule has 2 heterocycles. The number of likely N-dealkylation sites (tertiary alicyclic amines) is 1. The predicted molar refractivity (Wildman–Crippen MR) is 116 cm³/mol. The lowest BCUT2D eigenvalue weighted by atomic mass is 9.89. The minimum atomic E-state index is -0.941. The lowest BCUT2D eigenvalue weighted by Crippen LogP contribution is -2.41. The minimum absolute atomic E-state index is 0.253. The first kappa shape index (κ1) is 21.0. The van der Waals surface area contributed by atoms with Gasteiger partial charge in [-0.25, -0.2) is 4.79 Å². The molecule has 1 saturated heterocycles. The van der Waals surface area contributed by atoms with Gasteiger partial charge in [-0.05, 0) is 69.9 Å². The molecule has 1 amide bonds. The van der Waals surface area contributed by atoms with E-state index in [1.54, 1.807) is 17.0 Å². The summed E-state index contributed by atoms with van der Waals surface area (Å²) in [6, 6.07) is 15.4. The van der Waals surface area contributed by atoms with Gasteiger partial charge in [0, 0.05) is 31.1 Å². The number of amides is 1. The molecule has 0 N–H and O–H groups in total. The lowest BCUT2D eigenvalue weighted by Gasteiger charge is -2.34. The first-order valence-corrected chi connectivity index (χ1v) is 10.7. The van der Waals surface area contributed by atoms with E-state index in [2.05, 4.69) is 12.1 Å². The number of fused-ring (bicyclic) bond motifs is 1. The molecular formula is C25H28N2O4. The fourth-order valence-corrected chi connectivity index (χ4v) is 4.13. The fraction of sp³-hybridized carbons (Fsp3) is 0.440. The average molecular weight is 421 g/mol. The second kappa shape index (κ2) is 7.81. The van der Waals surface area contributed by atoms with Crippen molar-refractivity contribution in [2.75, 3.05) is 13.1 Å². The Morgan fingerprint density at radius 3 is 2.42 bits per heavy atom. The SMILES string of the molecule is CC(C)(C)OC(=O)N1CCC(c2cccc3c2OC(C)(c2ccc(C#N)cc2)O3)CC1. The quantitative estimate of drug-likeness (QED) is 0.658. The molecule has 1 unspecified atom stereocenters. The van der Waals surface area contributed by atoms with Crippen LogP contribution in [0.3, 0.4) is 0 Å². The number of hydrogen-bond acceptors (Lipinski definition) is 5. The molecule has 0 radical (unpaired) electrons. The van der Waals surface area contributed by atoms with E-state index in [4.69, 9.17) is 19.5 Å². The number of carbonyl (C=O) groups excluding carboxylic acids is 1. The Labute approximate surface area is 183 Å². The van der Waals surface area contributed by atoms with Crippen LogP contribution in [0.4, 0.5) is 4.79 Å². The molecule has 0 aromatic heterocycles. The average Bonchev–Trinajstić information content (AvgIpc) is 3.10. The molecule has 31 heavy (non-hydrogen) atoms. The van der Waals surface area contributed by atoms with Gasteiger partial charge in [-0.1, -0.05) is 12.1 Å². The van der Waals surface area contributed by atoms with E-state index in [0.717, 1.165) is 35.5 Å². The summed E-state index contributed by atoms with van der Waals surface area (Å²) in [7, 11) is 0. The van der Waals surface area contributed by atoms with Crippen molar-refractivity contribution in [2.45, 2.75) is 57.8 Å². The van der Waals surface area contributed by atoms with Crippen LogP contribution < -0.4 is 9.47 Å².